The molecule has 1 saturated carbocycles. The highest BCUT2D eigenvalue weighted by molar-refractivity contribution is 7.89. The normalized spacial score (nSPS) is 29.9. The Morgan fingerprint density at radius 2 is 1.85 bits per heavy atom. The van der Waals surface area contributed by atoms with Crippen LogP contribution < -0.4 is 5.32 Å². The molecule has 0 spiro atoms. The van der Waals surface area contributed by atoms with Crippen LogP contribution in [0.4, 0.5) is 0 Å². The van der Waals surface area contributed by atoms with Crippen LogP contribution >= 0.6 is 0 Å². The molecule has 3 fully saturated rings. The van der Waals surface area contributed by atoms with Crippen molar-refractivity contribution in [1.82, 2.24) is 14.6 Å². The molecule has 0 bridgehead atoms. The van der Waals surface area contributed by atoms with Crippen LogP contribution in [0.15, 0.2) is 17.2 Å². The van der Waals surface area contributed by atoms with Gasteiger partial charge in [0, 0.05) is 44.2 Å². The van der Waals surface area contributed by atoms with Gasteiger partial charge in [0.25, 0.3) is 0 Å². The average molecular weight is 394 g/mol. The topological polar surface area (TPSA) is 71.5 Å². The van der Waals surface area contributed by atoms with Crippen LogP contribution in [0.5, 0.6) is 0 Å². The first-order chi connectivity index (χ1) is 12.9. The van der Waals surface area contributed by atoms with Crippen LogP contribution in [0.25, 0.3) is 0 Å². The van der Waals surface area contributed by atoms with Crippen molar-refractivity contribution >= 4 is 10.0 Å². The molecular formula is C20H31N3O3S. The highest BCUT2D eigenvalue weighted by Crippen LogP contribution is 2.40. The minimum atomic E-state index is -3.44. The Balaban J connectivity index is 1.34. The number of aromatic nitrogens is 1. The number of sulfonamides is 1. The van der Waals surface area contributed by atoms with Crippen LogP contribution in [0.3, 0.4) is 0 Å². The fourth-order valence-electron chi connectivity index (χ4n) is 5.00. The number of nitrogens with one attached hydrogen (secondary N) is 1. The van der Waals surface area contributed by atoms with Crippen molar-refractivity contribution in [2.75, 3.05) is 32.8 Å². The molecule has 2 saturated heterocycles. The second-order valence-corrected chi connectivity index (χ2v) is 10.5. The van der Waals surface area contributed by atoms with Crippen molar-refractivity contribution in [1.29, 1.82) is 0 Å². The Labute approximate surface area is 162 Å². The van der Waals surface area contributed by atoms with Crippen molar-refractivity contribution in [3.05, 3.63) is 23.5 Å². The molecule has 0 aromatic carbocycles. The van der Waals surface area contributed by atoms with E-state index in [1.807, 2.05) is 19.9 Å². The van der Waals surface area contributed by atoms with E-state index in [9.17, 15) is 8.42 Å². The lowest BCUT2D eigenvalue weighted by Gasteiger charge is -2.25. The molecule has 0 radical (unpaired) electrons. The molecule has 27 heavy (non-hydrogen) atoms. The van der Waals surface area contributed by atoms with E-state index in [4.69, 9.17) is 4.74 Å². The maximum atomic E-state index is 13.1. The average Bonchev–Trinajstić information content (AvgIpc) is 3.19. The number of rotatable bonds is 5. The standard InChI is InChI=1S/C20H31N3O3S/c1-14-7-15(2)21-11-20(14)27(24,25)23-12-17-8-19(9-18(17)13-23)22-10-16-3-5-26-6-4-16/h7,11,16-19,22H,3-6,8-10,12-13H2,1-2H3/t17-,18+,19?. The quantitative estimate of drug-likeness (QED) is 0.830. The molecule has 1 unspecified atom stereocenters. The van der Waals surface area contributed by atoms with E-state index < -0.39 is 10.0 Å². The van der Waals surface area contributed by atoms with Crippen LogP contribution in [-0.4, -0.2) is 56.6 Å². The first-order valence-corrected chi connectivity index (χ1v) is 11.6. The van der Waals surface area contributed by atoms with Gasteiger partial charge in [-0.3, -0.25) is 4.98 Å². The number of nitrogens with zero attached hydrogens (tertiary/aromatic N) is 2. The molecule has 2 aliphatic heterocycles. The SMILES string of the molecule is Cc1cc(C)c(S(=O)(=O)N2C[C@H]3CC(NCC4CCOCC4)C[C@H]3C2)cn1. The van der Waals surface area contributed by atoms with E-state index in [2.05, 4.69) is 10.3 Å². The molecule has 7 heteroatoms. The lowest BCUT2D eigenvalue weighted by atomic mass is 10.00. The number of fused-ring (bicyclic) bond motifs is 1. The van der Waals surface area contributed by atoms with Gasteiger partial charge in [-0.25, -0.2) is 8.42 Å². The summed E-state index contributed by atoms with van der Waals surface area (Å²) in [4.78, 5) is 4.57. The smallest absolute Gasteiger partial charge is 0.244 e. The maximum Gasteiger partial charge on any atom is 0.244 e. The minimum Gasteiger partial charge on any atom is -0.381 e. The summed E-state index contributed by atoms with van der Waals surface area (Å²) in [5, 5.41) is 3.75. The van der Waals surface area contributed by atoms with Crippen molar-refractivity contribution in [2.24, 2.45) is 17.8 Å². The molecular weight excluding hydrogens is 362 g/mol. The summed E-state index contributed by atoms with van der Waals surface area (Å²) < 4.78 is 33.3. The molecule has 150 valence electrons. The Kier molecular flexibility index (Phi) is 5.56. The van der Waals surface area contributed by atoms with Gasteiger partial charge in [-0.2, -0.15) is 4.31 Å². The van der Waals surface area contributed by atoms with Crippen LogP contribution in [0.1, 0.15) is 36.9 Å². The first kappa shape index (κ1) is 19.3. The third kappa shape index (κ3) is 4.06. The summed E-state index contributed by atoms with van der Waals surface area (Å²) in [5.41, 5.74) is 1.64. The molecule has 6 nitrogen and oxygen atoms in total. The van der Waals surface area contributed by atoms with E-state index in [-0.39, 0.29) is 0 Å². The predicted octanol–water partition coefficient (Wildman–Crippen LogP) is 2.11. The number of ether oxygens (including phenoxy) is 1. The van der Waals surface area contributed by atoms with Gasteiger partial charge in [-0.15, -0.1) is 0 Å². The molecule has 3 heterocycles. The van der Waals surface area contributed by atoms with E-state index >= 15 is 0 Å². The predicted molar refractivity (Wildman–Crippen MR) is 104 cm³/mol. The summed E-state index contributed by atoms with van der Waals surface area (Å²) in [6.07, 6.45) is 6.01. The van der Waals surface area contributed by atoms with Gasteiger partial charge in [0.05, 0.1) is 0 Å². The molecule has 0 amide bonds. The van der Waals surface area contributed by atoms with Crippen LogP contribution in [-0.2, 0) is 14.8 Å². The number of hydrogen-bond donors (Lipinski definition) is 1. The molecule has 3 atom stereocenters. The Bertz CT molecular complexity index is 763. The summed E-state index contributed by atoms with van der Waals surface area (Å²) >= 11 is 0. The summed E-state index contributed by atoms with van der Waals surface area (Å²) in [7, 11) is -3.44. The molecule has 4 rings (SSSR count). The van der Waals surface area contributed by atoms with Gasteiger partial charge in [0.15, 0.2) is 0 Å². The lowest BCUT2D eigenvalue weighted by molar-refractivity contribution is 0.0654. The number of aryl methyl sites for hydroxylation is 2. The highest BCUT2D eigenvalue weighted by Gasteiger charge is 2.45. The Hall–Kier alpha value is -1.02. The van der Waals surface area contributed by atoms with Crippen molar-refractivity contribution in [2.45, 2.75) is 50.5 Å². The minimum absolute atomic E-state index is 0.363. The lowest BCUT2D eigenvalue weighted by Crippen LogP contribution is -2.36. The zero-order chi connectivity index (χ0) is 19.0. The molecule has 1 aliphatic carbocycles. The van der Waals surface area contributed by atoms with Gasteiger partial charge >= 0.3 is 0 Å². The second kappa shape index (κ2) is 7.78. The van der Waals surface area contributed by atoms with E-state index in [0.29, 0.717) is 35.9 Å². The van der Waals surface area contributed by atoms with E-state index in [0.717, 1.165) is 62.6 Å². The largest absolute Gasteiger partial charge is 0.381 e. The number of hydrogen-bond acceptors (Lipinski definition) is 5. The second-order valence-electron chi connectivity index (χ2n) is 8.57. The fourth-order valence-corrected chi connectivity index (χ4v) is 6.70. The molecule has 1 aromatic rings. The van der Waals surface area contributed by atoms with Gasteiger partial charge in [-0.1, -0.05) is 0 Å². The first-order valence-electron chi connectivity index (χ1n) is 10.2. The third-order valence-electron chi connectivity index (χ3n) is 6.57. The summed E-state index contributed by atoms with van der Waals surface area (Å²) in [6.45, 7) is 7.89. The fraction of sp³-hybridized carbons (Fsp3) is 0.750. The van der Waals surface area contributed by atoms with Crippen LogP contribution in [0, 0.1) is 31.6 Å². The van der Waals surface area contributed by atoms with Crippen molar-refractivity contribution in [3.8, 4) is 0 Å². The molecule has 3 aliphatic rings. The van der Waals surface area contributed by atoms with Gasteiger partial charge < -0.3 is 10.1 Å². The monoisotopic (exact) mass is 393 g/mol. The van der Waals surface area contributed by atoms with Crippen LogP contribution in [0.2, 0.25) is 0 Å². The zero-order valence-electron chi connectivity index (χ0n) is 16.4. The van der Waals surface area contributed by atoms with Crippen molar-refractivity contribution < 1.29 is 13.2 Å². The zero-order valence-corrected chi connectivity index (χ0v) is 17.2. The molecule has 1 aromatic heterocycles. The van der Waals surface area contributed by atoms with Gasteiger partial charge in [-0.05, 0) is 75.5 Å². The van der Waals surface area contributed by atoms with E-state index in [1.165, 1.54) is 6.20 Å². The van der Waals surface area contributed by atoms with Crippen molar-refractivity contribution in [3.63, 3.8) is 0 Å². The maximum absolute atomic E-state index is 13.1. The summed E-state index contributed by atoms with van der Waals surface area (Å²) in [5.74, 6) is 1.68. The molecule has 1 N–H and O–H groups in total. The summed E-state index contributed by atoms with van der Waals surface area (Å²) in [6, 6.07) is 2.38. The highest BCUT2D eigenvalue weighted by atomic mass is 32.2. The van der Waals surface area contributed by atoms with E-state index in [1.54, 1.807) is 4.31 Å². The Morgan fingerprint density at radius 3 is 2.48 bits per heavy atom. The van der Waals surface area contributed by atoms with Gasteiger partial charge in [0.2, 0.25) is 10.0 Å². The number of pyridine rings is 1. The van der Waals surface area contributed by atoms with Gasteiger partial charge in [0.1, 0.15) is 4.90 Å². The third-order valence-corrected chi connectivity index (χ3v) is 8.53. The Morgan fingerprint density at radius 1 is 1.19 bits per heavy atom.